The van der Waals surface area contributed by atoms with Gasteiger partial charge < -0.3 is 14.5 Å². The van der Waals surface area contributed by atoms with Crippen LogP contribution in [0.15, 0.2) is 53.5 Å². The van der Waals surface area contributed by atoms with Gasteiger partial charge >= 0.3 is 0 Å². The molecule has 0 saturated heterocycles. The lowest BCUT2D eigenvalue weighted by Gasteiger charge is -2.09. The molecule has 2 aromatic carbocycles. The topological polar surface area (TPSA) is 68.4 Å². The molecule has 3 rings (SSSR count). The summed E-state index contributed by atoms with van der Waals surface area (Å²) < 4.78 is 10.4. The van der Waals surface area contributed by atoms with Gasteiger partial charge in [-0.1, -0.05) is 30.3 Å². The molecule has 3 aromatic rings. The highest BCUT2D eigenvalue weighted by molar-refractivity contribution is 6.10. The van der Waals surface area contributed by atoms with Gasteiger partial charge in [-0.15, -0.1) is 0 Å². The summed E-state index contributed by atoms with van der Waals surface area (Å²) in [6, 6.07) is 12.0. The summed E-state index contributed by atoms with van der Waals surface area (Å²) in [5.41, 5.74) is 0.805. The number of ketones is 1. The van der Waals surface area contributed by atoms with Gasteiger partial charge in [0.2, 0.25) is 5.43 Å². The van der Waals surface area contributed by atoms with Gasteiger partial charge in [-0.2, -0.15) is 0 Å². The molecule has 1 heterocycles. The zero-order valence-electron chi connectivity index (χ0n) is 12.8. The summed E-state index contributed by atoms with van der Waals surface area (Å²) in [6.45, 7) is 0. The van der Waals surface area contributed by atoms with E-state index >= 15 is 0 Å². The van der Waals surface area contributed by atoms with E-state index in [-0.39, 0.29) is 16.8 Å². The van der Waals surface area contributed by atoms with Crippen molar-refractivity contribution in [2.24, 2.45) is 0 Å². The maximum absolute atomic E-state index is 12.7. The van der Waals surface area contributed by atoms with Crippen LogP contribution in [-0.4, -0.2) is 25.0 Å². The second-order valence-electron chi connectivity index (χ2n) is 4.98. The van der Waals surface area contributed by atoms with E-state index in [2.05, 4.69) is 4.98 Å². The summed E-state index contributed by atoms with van der Waals surface area (Å²) in [7, 11) is 3.02. The van der Waals surface area contributed by atoms with Gasteiger partial charge in [-0.3, -0.25) is 9.59 Å². The van der Waals surface area contributed by atoms with Gasteiger partial charge in [-0.25, -0.2) is 0 Å². The fraction of sp³-hybridized carbons (Fsp3) is 0.111. The van der Waals surface area contributed by atoms with Gasteiger partial charge in [-0.05, 0) is 6.07 Å². The second-order valence-corrected chi connectivity index (χ2v) is 4.98. The summed E-state index contributed by atoms with van der Waals surface area (Å²) in [4.78, 5) is 28.2. The molecule has 5 nitrogen and oxygen atoms in total. The van der Waals surface area contributed by atoms with E-state index in [1.807, 2.05) is 6.07 Å². The maximum Gasteiger partial charge on any atom is 0.200 e. The Hall–Kier alpha value is -3.08. The molecular weight excluding hydrogens is 294 g/mol. The Bertz CT molecular complexity index is 929. The summed E-state index contributed by atoms with van der Waals surface area (Å²) >= 11 is 0. The number of carbonyl (C=O) groups is 1. The lowest BCUT2D eigenvalue weighted by atomic mass is 10.0. The number of aromatic amines is 1. The molecule has 0 unspecified atom stereocenters. The Labute approximate surface area is 132 Å². The number of ether oxygens (including phenoxy) is 2. The van der Waals surface area contributed by atoms with Crippen molar-refractivity contribution >= 4 is 16.7 Å². The molecule has 0 aliphatic carbocycles. The number of aromatic nitrogens is 1. The molecule has 0 amide bonds. The van der Waals surface area contributed by atoms with Crippen LogP contribution in [0.25, 0.3) is 10.9 Å². The number of benzene rings is 2. The molecule has 0 aliphatic rings. The number of carbonyl (C=O) groups excluding carboxylic acids is 1. The van der Waals surface area contributed by atoms with E-state index < -0.39 is 0 Å². The quantitative estimate of drug-likeness (QED) is 0.752. The molecule has 0 bridgehead atoms. The molecule has 0 aliphatic heterocycles. The first-order valence-electron chi connectivity index (χ1n) is 7.03. The number of hydrogen-bond acceptors (Lipinski definition) is 4. The van der Waals surface area contributed by atoms with Crippen molar-refractivity contribution in [3.8, 4) is 11.5 Å². The lowest BCUT2D eigenvalue weighted by Crippen LogP contribution is -2.16. The zero-order chi connectivity index (χ0) is 16.4. The van der Waals surface area contributed by atoms with E-state index in [4.69, 9.17) is 9.47 Å². The average Bonchev–Trinajstić information content (AvgIpc) is 2.61. The van der Waals surface area contributed by atoms with Crippen molar-refractivity contribution in [2.75, 3.05) is 14.2 Å². The number of nitrogens with one attached hydrogen (secondary N) is 1. The van der Waals surface area contributed by atoms with Crippen molar-refractivity contribution in [3.63, 3.8) is 0 Å². The third-order valence-corrected chi connectivity index (χ3v) is 3.67. The Morgan fingerprint density at radius 2 is 1.65 bits per heavy atom. The average molecular weight is 309 g/mol. The standard InChI is InChI=1S/C18H15NO4/c1-22-15-8-12-14(9-16(15)23-2)19-10-13(18(12)21)17(20)11-6-4-3-5-7-11/h3-10H,1-2H3,(H,19,21). The summed E-state index contributed by atoms with van der Waals surface area (Å²) in [6.07, 6.45) is 1.44. The smallest absolute Gasteiger partial charge is 0.200 e. The van der Waals surface area contributed by atoms with Crippen molar-refractivity contribution in [1.29, 1.82) is 0 Å². The number of rotatable bonds is 4. The molecular formula is C18H15NO4. The van der Waals surface area contributed by atoms with Crippen LogP contribution in [0.1, 0.15) is 15.9 Å². The maximum atomic E-state index is 12.7. The van der Waals surface area contributed by atoms with Crippen LogP contribution in [0, 0.1) is 0 Å². The minimum Gasteiger partial charge on any atom is -0.493 e. The highest BCUT2D eigenvalue weighted by Crippen LogP contribution is 2.30. The van der Waals surface area contributed by atoms with E-state index in [1.165, 1.54) is 20.4 Å². The van der Waals surface area contributed by atoms with Crippen LogP contribution in [0.3, 0.4) is 0 Å². The van der Waals surface area contributed by atoms with Crippen molar-refractivity contribution in [3.05, 3.63) is 70.0 Å². The first kappa shape index (κ1) is 14.8. The highest BCUT2D eigenvalue weighted by atomic mass is 16.5. The van der Waals surface area contributed by atoms with Crippen LogP contribution in [0.2, 0.25) is 0 Å². The number of H-pyrrole nitrogens is 1. The van der Waals surface area contributed by atoms with E-state index in [0.29, 0.717) is 28.0 Å². The normalized spacial score (nSPS) is 10.5. The Kier molecular flexibility index (Phi) is 3.85. The number of hydrogen-bond donors (Lipinski definition) is 1. The molecule has 116 valence electrons. The van der Waals surface area contributed by atoms with E-state index in [1.54, 1.807) is 36.4 Å². The van der Waals surface area contributed by atoms with Crippen LogP contribution in [0.5, 0.6) is 11.5 Å². The van der Waals surface area contributed by atoms with E-state index in [9.17, 15) is 9.59 Å². The first-order chi connectivity index (χ1) is 11.2. The largest absolute Gasteiger partial charge is 0.493 e. The van der Waals surface area contributed by atoms with Crippen LogP contribution in [0.4, 0.5) is 0 Å². The Morgan fingerprint density at radius 1 is 1.00 bits per heavy atom. The van der Waals surface area contributed by atoms with Gasteiger partial charge in [0.05, 0.1) is 30.7 Å². The predicted octanol–water partition coefficient (Wildman–Crippen LogP) is 2.78. The summed E-state index contributed by atoms with van der Waals surface area (Å²) in [5.74, 6) is 0.635. The third-order valence-electron chi connectivity index (χ3n) is 3.67. The number of methoxy groups -OCH3 is 2. The van der Waals surface area contributed by atoms with Gasteiger partial charge in [0.15, 0.2) is 17.3 Å². The lowest BCUT2D eigenvalue weighted by molar-refractivity contribution is 0.103. The second kappa shape index (κ2) is 5.96. The molecule has 0 atom stereocenters. The molecule has 5 heteroatoms. The summed E-state index contributed by atoms with van der Waals surface area (Å²) in [5, 5.41) is 0.379. The molecule has 0 radical (unpaired) electrons. The van der Waals surface area contributed by atoms with Crippen LogP contribution >= 0.6 is 0 Å². The Balaban J connectivity index is 2.19. The van der Waals surface area contributed by atoms with Crippen molar-refractivity contribution < 1.29 is 14.3 Å². The SMILES string of the molecule is COc1cc2[nH]cc(C(=O)c3ccccc3)c(=O)c2cc1OC. The zero-order valence-corrected chi connectivity index (χ0v) is 12.8. The first-order valence-corrected chi connectivity index (χ1v) is 7.03. The monoisotopic (exact) mass is 309 g/mol. The van der Waals surface area contributed by atoms with Crippen molar-refractivity contribution in [1.82, 2.24) is 4.98 Å². The Morgan fingerprint density at radius 3 is 2.30 bits per heavy atom. The molecule has 0 fully saturated rings. The highest BCUT2D eigenvalue weighted by Gasteiger charge is 2.16. The molecule has 23 heavy (non-hydrogen) atoms. The molecule has 0 spiro atoms. The molecule has 0 saturated carbocycles. The predicted molar refractivity (Wildman–Crippen MR) is 87.5 cm³/mol. The fourth-order valence-corrected chi connectivity index (χ4v) is 2.46. The van der Waals surface area contributed by atoms with Crippen LogP contribution in [-0.2, 0) is 0 Å². The fourth-order valence-electron chi connectivity index (χ4n) is 2.46. The van der Waals surface area contributed by atoms with E-state index in [0.717, 1.165) is 0 Å². The number of pyridine rings is 1. The molecule has 1 N–H and O–H groups in total. The minimum atomic E-state index is -0.339. The van der Waals surface area contributed by atoms with Crippen molar-refractivity contribution in [2.45, 2.75) is 0 Å². The number of fused-ring (bicyclic) bond motifs is 1. The molecule has 1 aromatic heterocycles. The van der Waals surface area contributed by atoms with Crippen LogP contribution < -0.4 is 14.9 Å². The van der Waals surface area contributed by atoms with Gasteiger partial charge in [0.1, 0.15) is 0 Å². The van der Waals surface area contributed by atoms with Gasteiger partial charge in [0, 0.05) is 17.8 Å². The van der Waals surface area contributed by atoms with Gasteiger partial charge in [0.25, 0.3) is 0 Å². The third kappa shape index (κ3) is 2.57. The minimum absolute atomic E-state index is 0.0934.